The fourth-order valence-electron chi connectivity index (χ4n) is 2.13. The Labute approximate surface area is 115 Å². The molecule has 0 fully saturated rings. The fourth-order valence-corrected chi connectivity index (χ4v) is 3.32. The molecule has 1 atom stereocenters. The SMILES string of the molecule is CC(=O)C1=C(C)NC(S)=C(C#N)C1c1cccs1. The van der Waals surface area contributed by atoms with Gasteiger partial charge >= 0.3 is 0 Å². The van der Waals surface area contributed by atoms with Crippen molar-refractivity contribution in [2.45, 2.75) is 19.8 Å². The van der Waals surface area contributed by atoms with Gasteiger partial charge in [0.25, 0.3) is 0 Å². The molecule has 1 unspecified atom stereocenters. The number of ketones is 1. The van der Waals surface area contributed by atoms with Crippen molar-refractivity contribution in [3.05, 3.63) is 44.3 Å². The maximum Gasteiger partial charge on any atom is 0.158 e. The molecule has 5 heteroatoms. The van der Waals surface area contributed by atoms with Gasteiger partial charge in [-0.25, -0.2) is 0 Å². The monoisotopic (exact) mass is 276 g/mol. The molecule has 0 spiro atoms. The molecule has 1 aromatic rings. The molecule has 0 amide bonds. The molecular formula is C13H12N2OS2. The standard InChI is InChI=1S/C13H12N2OS2/c1-7-11(8(2)16)12(10-4-3-5-18-10)9(6-14)13(17)15-7/h3-5,12,15,17H,1-2H3. The number of hydrogen-bond acceptors (Lipinski definition) is 5. The lowest BCUT2D eigenvalue weighted by atomic mass is 9.85. The van der Waals surface area contributed by atoms with Crippen LogP contribution in [0.1, 0.15) is 24.6 Å². The van der Waals surface area contributed by atoms with E-state index in [4.69, 9.17) is 0 Å². The van der Waals surface area contributed by atoms with Crippen LogP contribution in [0.2, 0.25) is 0 Å². The van der Waals surface area contributed by atoms with Gasteiger partial charge in [-0.15, -0.1) is 24.0 Å². The molecule has 0 saturated carbocycles. The second kappa shape index (κ2) is 5.01. The van der Waals surface area contributed by atoms with E-state index in [1.165, 1.54) is 6.92 Å². The lowest BCUT2D eigenvalue weighted by Gasteiger charge is -2.26. The molecule has 2 heterocycles. The molecule has 1 N–H and O–H groups in total. The summed E-state index contributed by atoms with van der Waals surface area (Å²) in [6.07, 6.45) is 0. The van der Waals surface area contributed by atoms with E-state index < -0.39 is 0 Å². The number of nitrogens with one attached hydrogen (secondary N) is 1. The molecule has 0 aliphatic carbocycles. The van der Waals surface area contributed by atoms with Crippen LogP contribution in [0.4, 0.5) is 0 Å². The maximum absolute atomic E-state index is 11.8. The number of hydrogen-bond donors (Lipinski definition) is 2. The van der Waals surface area contributed by atoms with Crippen molar-refractivity contribution in [2.75, 3.05) is 0 Å². The van der Waals surface area contributed by atoms with Gasteiger partial charge in [-0.3, -0.25) is 4.79 Å². The summed E-state index contributed by atoms with van der Waals surface area (Å²) < 4.78 is 0. The lowest BCUT2D eigenvalue weighted by molar-refractivity contribution is -0.113. The maximum atomic E-state index is 11.8. The van der Waals surface area contributed by atoms with Crippen LogP contribution in [-0.2, 0) is 4.79 Å². The zero-order chi connectivity index (χ0) is 13.3. The molecular weight excluding hydrogens is 264 g/mol. The van der Waals surface area contributed by atoms with Crippen molar-refractivity contribution < 1.29 is 4.79 Å². The Balaban J connectivity index is 2.63. The molecule has 1 aliphatic rings. The topological polar surface area (TPSA) is 52.9 Å². The summed E-state index contributed by atoms with van der Waals surface area (Å²) in [5.74, 6) is -0.312. The highest BCUT2D eigenvalue weighted by molar-refractivity contribution is 7.84. The number of rotatable bonds is 2. The smallest absolute Gasteiger partial charge is 0.158 e. The summed E-state index contributed by atoms with van der Waals surface area (Å²) in [5.41, 5.74) is 1.91. The summed E-state index contributed by atoms with van der Waals surface area (Å²) >= 11 is 5.84. The van der Waals surface area contributed by atoms with E-state index >= 15 is 0 Å². The number of dihydropyridines is 1. The first-order valence-corrected chi connectivity index (χ1v) is 6.74. The normalized spacial score (nSPS) is 19.6. The van der Waals surface area contributed by atoms with Gasteiger partial charge < -0.3 is 5.32 Å². The minimum absolute atomic E-state index is 0.0213. The summed E-state index contributed by atoms with van der Waals surface area (Å²) in [5, 5.41) is 14.7. The highest BCUT2D eigenvalue weighted by atomic mass is 32.1. The van der Waals surface area contributed by atoms with E-state index in [2.05, 4.69) is 24.0 Å². The molecule has 0 bridgehead atoms. The molecule has 3 nitrogen and oxygen atoms in total. The highest BCUT2D eigenvalue weighted by Crippen LogP contribution is 2.40. The van der Waals surface area contributed by atoms with Crippen LogP contribution in [0.25, 0.3) is 0 Å². The Kier molecular flexibility index (Phi) is 3.60. The molecule has 1 aromatic heterocycles. The van der Waals surface area contributed by atoms with E-state index in [-0.39, 0.29) is 11.7 Å². The summed E-state index contributed by atoms with van der Waals surface area (Å²) in [7, 11) is 0. The number of thiol groups is 1. The van der Waals surface area contributed by atoms with E-state index in [1.54, 1.807) is 11.3 Å². The Morgan fingerprint density at radius 2 is 2.33 bits per heavy atom. The van der Waals surface area contributed by atoms with Crippen LogP contribution < -0.4 is 5.32 Å². The van der Waals surface area contributed by atoms with Crippen LogP contribution in [0.15, 0.2) is 39.4 Å². The molecule has 92 valence electrons. The molecule has 18 heavy (non-hydrogen) atoms. The van der Waals surface area contributed by atoms with Gasteiger partial charge in [0.15, 0.2) is 5.78 Å². The van der Waals surface area contributed by atoms with Crippen LogP contribution in [-0.4, -0.2) is 5.78 Å². The largest absolute Gasteiger partial charge is 0.353 e. The first kappa shape index (κ1) is 12.9. The zero-order valence-electron chi connectivity index (χ0n) is 10.0. The van der Waals surface area contributed by atoms with E-state index in [0.29, 0.717) is 16.2 Å². The number of nitriles is 1. The second-order valence-corrected chi connectivity index (χ2v) is 5.47. The number of allylic oxidation sites excluding steroid dienone is 3. The summed E-state index contributed by atoms with van der Waals surface area (Å²) in [6.45, 7) is 3.36. The van der Waals surface area contributed by atoms with Crippen molar-refractivity contribution in [3.8, 4) is 6.07 Å². The Morgan fingerprint density at radius 3 is 2.83 bits per heavy atom. The second-order valence-electron chi connectivity index (χ2n) is 4.04. The third-order valence-electron chi connectivity index (χ3n) is 2.87. The predicted molar refractivity (Wildman–Crippen MR) is 75.2 cm³/mol. The van der Waals surface area contributed by atoms with Gasteiger partial charge in [0.05, 0.1) is 22.6 Å². The first-order valence-electron chi connectivity index (χ1n) is 5.41. The van der Waals surface area contributed by atoms with Gasteiger partial charge in [0.1, 0.15) is 0 Å². The zero-order valence-corrected chi connectivity index (χ0v) is 11.7. The molecule has 0 saturated heterocycles. The highest BCUT2D eigenvalue weighted by Gasteiger charge is 2.32. The third kappa shape index (κ3) is 2.09. The minimum Gasteiger partial charge on any atom is -0.353 e. The molecule has 2 rings (SSSR count). The van der Waals surface area contributed by atoms with Crippen molar-refractivity contribution in [3.63, 3.8) is 0 Å². The van der Waals surface area contributed by atoms with Gasteiger partial charge in [-0.05, 0) is 25.3 Å². The predicted octanol–water partition coefficient (Wildman–Crippen LogP) is 2.96. The Hall–Kier alpha value is -1.51. The molecule has 0 radical (unpaired) electrons. The average Bonchev–Trinajstić information content (AvgIpc) is 2.80. The van der Waals surface area contributed by atoms with E-state index in [0.717, 1.165) is 10.6 Å². The van der Waals surface area contributed by atoms with Gasteiger partial charge in [0.2, 0.25) is 0 Å². The third-order valence-corrected chi connectivity index (χ3v) is 4.16. The first-order chi connectivity index (χ1) is 8.56. The van der Waals surface area contributed by atoms with Crippen molar-refractivity contribution in [1.29, 1.82) is 5.26 Å². The number of carbonyl (C=O) groups is 1. The van der Waals surface area contributed by atoms with Crippen molar-refractivity contribution in [2.24, 2.45) is 0 Å². The molecule has 0 aromatic carbocycles. The summed E-state index contributed by atoms with van der Waals surface area (Å²) in [6, 6.07) is 6.02. The summed E-state index contributed by atoms with van der Waals surface area (Å²) in [4.78, 5) is 12.8. The number of thiophene rings is 1. The van der Waals surface area contributed by atoms with Gasteiger partial charge in [0, 0.05) is 16.1 Å². The molecule has 1 aliphatic heterocycles. The van der Waals surface area contributed by atoms with Crippen LogP contribution in [0, 0.1) is 11.3 Å². The van der Waals surface area contributed by atoms with Crippen LogP contribution in [0.3, 0.4) is 0 Å². The van der Waals surface area contributed by atoms with E-state index in [1.807, 2.05) is 24.4 Å². The average molecular weight is 276 g/mol. The van der Waals surface area contributed by atoms with Crippen molar-refractivity contribution >= 4 is 29.7 Å². The minimum atomic E-state index is -0.291. The fraction of sp³-hybridized carbons (Fsp3) is 0.231. The van der Waals surface area contributed by atoms with Gasteiger partial charge in [-0.2, -0.15) is 5.26 Å². The van der Waals surface area contributed by atoms with Crippen LogP contribution in [0.5, 0.6) is 0 Å². The van der Waals surface area contributed by atoms with E-state index in [9.17, 15) is 10.1 Å². The van der Waals surface area contributed by atoms with Crippen LogP contribution >= 0.6 is 24.0 Å². The Bertz CT molecular complexity index is 591. The Morgan fingerprint density at radius 1 is 1.61 bits per heavy atom. The van der Waals surface area contributed by atoms with Gasteiger partial charge in [-0.1, -0.05) is 6.07 Å². The number of nitrogens with zero attached hydrogens (tertiary/aromatic N) is 1. The number of carbonyl (C=O) groups excluding carboxylic acids is 1. The quantitative estimate of drug-likeness (QED) is 0.817. The lowest BCUT2D eigenvalue weighted by Crippen LogP contribution is -2.25. The number of Topliss-reactive ketones (excluding diaryl/α,β-unsaturated/α-hetero) is 1. The van der Waals surface area contributed by atoms with Crippen molar-refractivity contribution in [1.82, 2.24) is 5.32 Å².